The Bertz CT molecular complexity index is 741. The lowest BCUT2D eigenvalue weighted by atomic mass is 9.94. The second kappa shape index (κ2) is 9.76. The van der Waals surface area contributed by atoms with Gasteiger partial charge in [-0.2, -0.15) is 0 Å². The second-order valence-corrected chi connectivity index (χ2v) is 6.74. The number of hydrogen-bond acceptors (Lipinski definition) is 4. The van der Waals surface area contributed by atoms with Gasteiger partial charge >= 0.3 is 0 Å². The summed E-state index contributed by atoms with van der Waals surface area (Å²) in [5, 5.41) is 14.1. The van der Waals surface area contributed by atoms with Crippen LogP contribution in [0.25, 0.3) is 0 Å². The van der Waals surface area contributed by atoms with E-state index in [9.17, 15) is 14.7 Å². The van der Waals surface area contributed by atoms with Crippen LogP contribution in [-0.4, -0.2) is 18.0 Å². The topological polar surface area (TPSA) is 78.5 Å². The summed E-state index contributed by atoms with van der Waals surface area (Å²) in [6.45, 7) is 5.80. The number of carboxylic acid groups (broad SMARTS) is 1. The van der Waals surface area contributed by atoms with Crippen LogP contribution >= 0.6 is 0 Å². The Kier molecular flexibility index (Phi) is 7.41. The Morgan fingerprint density at radius 2 is 1.63 bits per heavy atom. The van der Waals surface area contributed by atoms with E-state index >= 15 is 0 Å². The van der Waals surface area contributed by atoms with Crippen LogP contribution in [0.3, 0.4) is 0 Å². The largest absolute Gasteiger partial charge is 0.550 e. The smallest absolute Gasteiger partial charge is 0.228 e. The first-order valence-corrected chi connectivity index (χ1v) is 9.22. The van der Waals surface area contributed by atoms with Crippen molar-refractivity contribution in [3.05, 3.63) is 65.7 Å². The first kappa shape index (κ1) is 20.5. The maximum Gasteiger partial charge on any atom is 0.228 e. The molecule has 2 atom stereocenters. The third-order valence-corrected chi connectivity index (χ3v) is 4.27. The lowest BCUT2D eigenvalue weighted by Gasteiger charge is -2.23. The predicted octanol–water partition coefficient (Wildman–Crippen LogP) is 2.96. The molecule has 1 amide bonds. The van der Waals surface area contributed by atoms with Crippen LogP contribution in [0.5, 0.6) is 5.75 Å². The summed E-state index contributed by atoms with van der Waals surface area (Å²) in [5.74, 6) is -1.05. The van der Waals surface area contributed by atoms with E-state index in [1.807, 2.05) is 51.1 Å². The maximum absolute atomic E-state index is 12.8. The van der Waals surface area contributed by atoms with Gasteiger partial charge in [0.15, 0.2) is 0 Å². The number of nitrogens with one attached hydrogen (secondary N) is 1. The van der Waals surface area contributed by atoms with Gasteiger partial charge < -0.3 is 20.0 Å². The number of benzene rings is 2. The minimum atomic E-state index is -1.21. The molecule has 0 saturated heterocycles. The molecule has 0 heterocycles. The number of carbonyl (C=O) groups excluding carboxylic acids is 2. The SMILES string of the molecule is CC[C@H](C(=O)N[C@H](CC(=O)[O-])c1ccc(OC(C)C)cc1)c1ccccc1. The third kappa shape index (κ3) is 6.13. The van der Waals surface area contributed by atoms with E-state index in [1.54, 1.807) is 24.3 Å². The average molecular weight is 368 g/mol. The lowest BCUT2D eigenvalue weighted by Crippen LogP contribution is -2.36. The number of ether oxygens (including phenoxy) is 1. The predicted molar refractivity (Wildman–Crippen MR) is 102 cm³/mol. The monoisotopic (exact) mass is 368 g/mol. The van der Waals surface area contributed by atoms with E-state index in [1.165, 1.54) is 0 Å². The van der Waals surface area contributed by atoms with E-state index < -0.39 is 12.0 Å². The third-order valence-electron chi connectivity index (χ3n) is 4.27. The standard InChI is InChI=1S/C22H27NO4/c1-4-19(16-8-6-5-7-9-16)22(26)23-20(14-21(24)25)17-10-12-18(13-11-17)27-15(2)3/h5-13,15,19-20H,4,14H2,1-3H3,(H,23,26)(H,24,25)/p-1/t19-,20+/m0/s1. The number of hydrogen-bond donors (Lipinski definition) is 1. The second-order valence-electron chi connectivity index (χ2n) is 6.74. The van der Waals surface area contributed by atoms with Gasteiger partial charge in [-0.05, 0) is 43.5 Å². The van der Waals surface area contributed by atoms with Crippen LogP contribution < -0.4 is 15.2 Å². The molecule has 1 N–H and O–H groups in total. The highest BCUT2D eigenvalue weighted by Gasteiger charge is 2.22. The number of amides is 1. The van der Waals surface area contributed by atoms with E-state index in [4.69, 9.17) is 4.74 Å². The van der Waals surface area contributed by atoms with Crippen molar-refractivity contribution in [1.82, 2.24) is 5.32 Å². The molecular formula is C22H26NO4-. The fourth-order valence-corrected chi connectivity index (χ4v) is 3.00. The minimum absolute atomic E-state index is 0.0470. The minimum Gasteiger partial charge on any atom is -0.550 e. The molecule has 0 aliphatic rings. The molecule has 0 saturated carbocycles. The molecule has 144 valence electrons. The van der Waals surface area contributed by atoms with Crippen molar-refractivity contribution in [2.75, 3.05) is 0 Å². The number of carbonyl (C=O) groups is 2. The fourth-order valence-electron chi connectivity index (χ4n) is 3.00. The van der Waals surface area contributed by atoms with Crippen LogP contribution in [0.15, 0.2) is 54.6 Å². The highest BCUT2D eigenvalue weighted by Crippen LogP contribution is 2.24. The summed E-state index contributed by atoms with van der Waals surface area (Å²) in [4.78, 5) is 24.0. The molecule has 0 aliphatic carbocycles. The summed E-state index contributed by atoms with van der Waals surface area (Å²) in [7, 11) is 0. The van der Waals surface area contributed by atoms with Crippen LogP contribution in [0.2, 0.25) is 0 Å². The molecule has 0 aromatic heterocycles. The Balaban J connectivity index is 2.18. The van der Waals surface area contributed by atoms with Crippen LogP contribution in [0, 0.1) is 0 Å². The average Bonchev–Trinajstić information content (AvgIpc) is 2.62. The zero-order valence-electron chi connectivity index (χ0n) is 16.0. The highest BCUT2D eigenvalue weighted by atomic mass is 16.5. The Morgan fingerprint density at radius 3 is 2.15 bits per heavy atom. The lowest BCUT2D eigenvalue weighted by molar-refractivity contribution is -0.306. The van der Waals surface area contributed by atoms with Crippen molar-refractivity contribution >= 4 is 11.9 Å². The van der Waals surface area contributed by atoms with Gasteiger partial charge in [0.25, 0.3) is 0 Å². The maximum atomic E-state index is 12.8. The molecule has 2 aromatic rings. The van der Waals surface area contributed by atoms with Gasteiger partial charge in [0, 0.05) is 12.4 Å². The van der Waals surface area contributed by atoms with Gasteiger partial charge in [-0.25, -0.2) is 0 Å². The van der Waals surface area contributed by atoms with Crippen molar-refractivity contribution in [2.45, 2.75) is 51.7 Å². The molecule has 0 aliphatic heterocycles. The van der Waals surface area contributed by atoms with Gasteiger partial charge in [-0.1, -0.05) is 49.4 Å². The summed E-state index contributed by atoms with van der Waals surface area (Å²) in [6, 6.07) is 15.9. The van der Waals surface area contributed by atoms with E-state index in [2.05, 4.69) is 5.32 Å². The molecule has 2 rings (SSSR count). The van der Waals surface area contributed by atoms with E-state index in [0.717, 1.165) is 5.56 Å². The van der Waals surface area contributed by atoms with Crippen molar-refractivity contribution < 1.29 is 19.4 Å². The summed E-state index contributed by atoms with van der Waals surface area (Å²) >= 11 is 0. The number of rotatable bonds is 9. The zero-order chi connectivity index (χ0) is 19.8. The van der Waals surface area contributed by atoms with Crippen molar-refractivity contribution in [3.63, 3.8) is 0 Å². The molecule has 0 spiro atoms. The fraction of sp³-hybridized carbons (Fsp3) is 0.364. The summed E-state index contributed by atoms with van der Waals surface area (Å²) < 4.78 is 5.61. The van der Waals surface area contributed by atoms with Gasteiger partial charge in [-0.3, -0.25) is 4.79 Å². The summed E-state index contributed by atoms with van der Waals surface area (Å²) in [6.07, 6.45) is 0.377. The Labute approximate surface area is 160 Å². The zero-order valence-corrected chi connectivity index (χ0v) is 16.0. The number of aliphatic carboxylic acids is 1. The normalized spacial score (nSPS) is 13.0. The van der Waals surface area contributed by atoms with Crippen LogP contribution in [0.1, 0.15) is 56.7 Å². The van der Waals surface area contributed by atoms with Gasteiger partial charge in [0.05, 0.1) is 18.1 Å². The Morgan fingerprint density at radius 1 is 1.00 bits per heavy atom. The molecule has 0 unspecified atom stereocenters. The molecule has 5 heteroatoms. The van der Waals surface area contributed by atoms with Gasteiger partial charge in [-0.15, -0.1) is 0 Å². The summed E-state index contributed by atoms with van der Waals surface area (Å²) in [5.41, 5.74) is 1.61. The first-order valence-electron chi connectivity index (χ1n) is 9.22. The quantitative estimate of drug-likeness (QED) is 0.738. The number of carboxylic acids is 1. The molecular weight excluding hydrogens is 342 g/mol. The van der Waals surface area contributed by atoms with Crippen molar-refractivity contribution in [3.8, 4) is 5.75 Å². The molecule has 0 radical (unpaired) electrons. The molecule has 0 fully saturated rings. The van der Waals surface area contributed by atoms with Gasteiger partial charge in [0.2, 0.25) is 5.91 Å². The van der Waals surface area contributed by atoms with E-state index in [0.29, 0.717) is 17.7 Å². The molecule has 5 nitrogen and oxygen atoms in total. The van der Waals surface area contributed by atoms with E-state index in [-0.39, 0.29) is 24.3 Å². The molecule has 2 aromatic carbocycles. The highest BCUT2D eigenvalue weighted by molar-refractivity contribution is 5.84. The molecule has 0 bridgehead atoms. The van der Waals surface area contributed by atoms with Crippen molar-refractivity contribution in [2.24, 2.45) is 0 Å². The molecule has 27 heavy (non-hydrogen) atoms. The van der Waals surface area contributed by atoms with Crippen molar-refractivity contribution in [1.29, 1.82) is 0 Å². The van der Waals surface area contributed by atoms with Gasteiger partial charge in [0.1, 0.15) is 5.75 Å². The van der Waals surface area contributed by atoms with Crippen LogP contribution in [-0.2, 0) is 9.59 Å². The first-order chi connectivity index (χ1) is 12.9. The van der Waals surface area contributed by atoms with Crippen LogP contribution in [0.4, 0.5) is 0 Å². The Hall–Kier alpha value is -2.82.